The van der Waals surface area contributed by atoms with Crippen LogP contribution in [0.1, 0.15) is 41.2 Å². The second kappa shape index (κ2) is 8.00. The van der Waals surface area contributed by atoms with Crippen LogP contribution in [0.15, 0.2) is 39.4 Å². The fraction of sp³-hybridized carbons (Fsp3) is 0.348. The van der Waals surface area contributed by atoms with Gasteiger partial charge >= 0.3 is 5.97 Å². The lowest BCUT2D eigenvalue weighted by atomic mass is 9.97. The summed E-state index contributed by atoms with van der Waals surface area (Å²) in [5.74, 6) is 0.641. The van der Waals surface area contributed by atoms with Gasteiger partial charge in [-0.1, -0.05) is 6.07 Å². The summed E-state index contributed by atoms with van der Waals surface area (Å²) < 4.78 is 17.9. The highest BCUT2D eigenvalue weighted by molar-refractivity contribution is 9.10. The van der Waals surface area contributed by atoms with Gasteiger partial charge in [-0.15, -0.1) is 0 Å². The normalized spacial score (nSPS) is 13.0. The van der Waals surface area contributed by atoms with Crippen LogP contribution in [0.3, 0.4) is 0 Å². The van der Waals surface area contributed by atoms with E-state index in [0.29, 0.717) is 13.2 Å². The van der Waals surface area contributed by atoms with E-state index in [1.165, 1.54) is 16.7 Å². The fourth-order valence-corrected chi connectivity index (χ4v) is 4.67. The summed E-state index contributed by atoms with van der Waals surface area (Å²) in [6.07, 6.45) is 5.12. The zero-order valence-electron chi connectivity index (χ0n) is 16.1. The summed E-state index contributed by atoms with van der Waals surface area (Å²) in [5.41, 5.74) is 6.66. The van der Waals surface area contributed by atoms with E-state index in [1.807, 2.05) is 19.1 Å². The van der Waals surface area contributed by atoms with Gasteiger partial charge in [-0.25, -0.2) is 0 Å². The van der Waals surface area contributed by atoms with E-state index in [0.717, 1.165) is 51.6 Å². The molecular weight excluding hydrogens is 420 g/mol. The van der Waals surface area contributed by atoms with E-state index in [1.54, 1.807) is 6.26 Å². The van der Waals surface area contributed by atoms with E-state index in [4.69, 9.17) is 13.9 Å². The van der Waals surface area contributed by atoms with Gasteiger partial charge in [0, 0.05) is 10.9 Å². The molecule has 0 saturated heterocycles. The van der Waals surface area contributed by atoms with E-state index in [9.17, 15) is 4.79 Å². The van der Waals surface area contributed by atoms with Gasteiger partial charge in [0.1, 0.15) is 17.9 Å². The predicted octanol–water partition coefficient (Wildman–Crippen LogP) is 5.68. The van der Waals surface area contributed by atoms with Crippen molar-refractivity contribution in [2.45, 2.75) is 46.1 Å². The molecule has 146 valence electrons. The summed E-state index contributed by atoms with van der Waals surface area (Å²) in [5, 5.41) is 1.04. The number of benzene rings is 2. The summed E-state index contributed by atoms with van der Waals surface area (Å²) in [6, 6.07) is 8.12. The van der Waals surface area contributed by atoms with Crippen molar-refractivity contribution in [3.63, 3.8) is 0 Å². The molecule has 4 nitrogen and oxygen atoms in total. The van der Waals surface area contributed by atoms with Gasteiger partial charge in [-0.2, -0.15) is 0 Å². The molecule has 5 heteroatoms. The Balaban J connectivity index is 1.65. The van der Waals surface area contributed by atoms with Crippen molar-refractivity contribution in [1.29, 1.82) is 0 Å². The van der Waals surface area contributed by atoms with Gasteiger partial charge in [0.25, 0.3) is 0 Å². The van der Waals surface area contributed by atoms with Crippen molar-refractivity contribution >= 4 is 32.9 Å². The van der Waals surface area contributed by atoms with Gasteiger partial charge in [-0.3, -0.25) is 4.79 Å². The Morgan fingerprint density at radius 1 is 1.21 bits per heavy atom. The second-order valence-corrected chi connectivity index (χ2v) is 8.03. The summed E-state index contributed by atoms with van der Waals surface area (Å²) in [4.78, 5) is 12.1. The molecule has 1 aliphatic carbocycles. The quantitative estimate of drug-likeness (QED) is 0.460. The number of furan rings is 1. The highest BCUT2D eigenvalue weighted by Crippen LogP contribution is 2.37. The Bertz CT molecular complexity index is 1030. The number of ether oxygens (including phenoxy) is 2. The first-order valence-electron chi connectivity index (χ1n) is 9.65. The van der Waals surface area contributed by atoms with Gasteiger partial charge < -0.3 is 13.9 Å². The van der Waals surface area contributed by atoms with Crippen molar-refractivity contribution < 1.29 is 18.7 Å². The molecule has 0 amide bonds. The molecule has 2 aromatic carbocycles. The molecule has 3 aromatic rings. The Kier molecular flexibility index (Phi) is 5.44. The van der Waals surface area contributed by atoms with Crippen LogP contribution in [0.5, 0.6) is 5.75 Å². The minimum absolute atomic E-state index is 0.216. The number of hydrogen-bond donors (Lipinski definition) is 0. The summed E-state index contributed by atoms with van der Waals surface area (Å²) >= 11 is 3.57. The van der Waals surface area contributed by atoms with Gasteiger partial charge in [0.05, 0.1) is 23.8 Å². The number of carbonyl (C=O) groups excluding carboxylic acids is 1. The number of carbonyl (C=O) groups is 1. The highest BCUT2D eigenvalue weighted by Gasteiger charge is 2.23. The minimum Gasteiger partial charge on any atom is -0.488 e. The average molecular weight is 443 g/mol. The Morgan fingerprint density at radius 3 is 2.86 bits per heavy atom. The first-order valence-corrected chi connectivity index (χ1v) is 10.4. The molecule has 1 aromatic heterocycles. The first kappa shape index (κ1) is 19.1. The third kappa shape index (κ3) is 3.68. The van der Waals surface area contributed by atoms with E-state index in [-0.39, 0.29) is 12.4 Å². The number of fused-ring (bicyclic) bond motifs is 2. The van der Waals surface area contributed by atoms with E-state index in [2.05, 4.69) is 35.0 Å². The van der Waals surface area contributed by atoms with Gasteiger partial charge in [-0.05, 0) is 89.5 Å². The predicted molar refractivity (Wildman–Crippen MR) is 112 cm³/mol. The average Bonchev–Trinajstić information content (AvgIpc) is 3.31. The zero-order valence-corrected chi connectivity index (χ0v) is 17.7. The lowest BCUT2D eigenvalue weighted by Gasteiger charge is -2.18. The maximum Gasteiger partial charge on any atom is 0.310 e. The van der Waals surface area contributed by atoms with Gasteiger partial charge in [0.15, 0.2) is 0 Å². The van der Waals surface area contributed by atoms with Crippen LogP contribution in [0.25, 0.3) is 11.0 Å². The molecule has 0 spiro atoms. The molecule has 4 rings (SSSR count). The van der Waals surface area contributed by atoms with Crippen LogP contribution in [0.2, 0.25) is 0 Å². The number of esters is 1. The van der Waals surface area contributed by atoms with Crippen molar-refractivity contribution in [3.05, 3.63) is 62.8 Å². The Labute approximate surface area is 172 Å². The van der Waals surface area contributed by atoms with E-state index < -0.39 is 0 Å². The van der Waals surface area contributed by atoms with Crippen LogP contribution < -0.4 is 4.74 Å². The lowest BCUT2D eigenvalue weighted by molar-refractivity contribution is -0.142. The first-order chi connectivity index (χ1) is 13.6. The number of aryl methyl sites for hydroxylation is 1. The van der Waals surface area contributed by atoms with Crippen LogP contribution in [0.4, 0.5) is 0 Å². The van der Waals surface area contributed by atoms with Crippen LogP contribution in [0, 0.1) is 6.92 Å². The highest BCUT2D eigenvalue weighted by atomic mass is 79.9. The second-order valence-electron chi connectivity index (χ2n) is 7.18. The molecule has 1 aliphatic rings. The van der Waals surface area contributed by atoms with Crippen molar-refractivity contribution in [2.24, 2.45) is 0 Å². The van der Waals surface area contributed by atoms with Crippen molar-refractivity contribution in [3.8, 4) is 5.75 Å². The molecule has 0 bridgehead atoms. The van der Waals surface area contributed by atoms with Crippen molar-refractivity contribution in [2.75, 3.05) is 6.61 Å². The summed E-state index contributed by atoms with van der Waals surface area (Å²) in [7, 11) is 0. The topological polar surface area (TPSA) is 48.7 Å². The van der Waals surface area contributed by atoms with E-state index >= 15 is 0 Å². The third-order valence-corrected chi connectivity index (χ3v) is 5.83. The molecular formula is C23H23BrO4. The molecule has 0 N–H and O–H groups in total. The fourth-order valence-electron chi connectivity index (χ4n) is 4.05. The molecule has 1 heterocycles. The van der Waals surface area contributed by atoms with Crippen LogP contribution in [-0.4, -0.2) is 12.6 Å². The van der Waals surface area contributed by atoms with Crippen LogP contribution >= 0.6 is 15.9 Å². The molecule has 0 aliphatic heterocycles. The van der Waals surface area contributed by atoms with Gasteiger partial charge in [0.2, 0.25) is 0 Å². The molecule has 0 atom stereocenters. The smallest absolute Gasteiger partial charge is 0.310 e. The zero-order chi connectivity index (χ0) is 19.7. The molecule has 0 radical (unpaired) electrons. The van der Waals surface area contributed by atoms with Crippen LogP contribution in [-0.2, 0) is 35.4 Å². The number of rotatable bonds is 6. The largest absolute Gasteiger partial charge is 0.488 e. The summed E-state index contributed by atoms with van der Waals surface area (Å²) in [6.45, 7) is 4.77. The third-order valence-electron chi connectivity index (χ3n) is 5.24. The molecule has 0 unspecified atom stereocenters. The molecule has 0 fully saturated rings. The number of halogens is 1. The Hall–Kier alpha value is -2.27. The van der Waals surface area contributed by atoms with Crippen molar-refractivity contribution in [1.82, 2.24) is 0 Å². The molecule has 0 saturated carbocycles. The molecule has 28 heavy (non-hydrogen) atoms. The SMILES string of the molecule is CCOC(=O)Cc1cc(C)c2c(c1OCc1cc(Br)c3occc3c1)CCC2. The minimum atomic E-state index is -0.216. The maximum absolute atomic E-state index is 12.1. The standard InChI is InChI=1S/C23H23BrO4/c1-3-26-21(25)12-17-9-14(2)18-5-4-6-19(18)22(17)28-13-15-10-16-7-8-27-23(16)20(24)11-15/h7-11H,3-6,12-13H2,1-2H3. The maximum atomic E-state index is 12.1. The Morgan fingerprint density at radius 2 is 2.04 bits per heavy atom. The monoisotopic (exact) mass is 442 g/mol. The number of hydrogen-bond acceptors (Lipinski definition) is 4. The lowest BCUT2D eigenvalue weighted by Crippen LogP contribution is -2.11.